The minimum atomic E-state index is -4.10. The van der Waals surface area contributed by atoms with E-state index < -0.39 is 22.7 Å². The molecule has 0 radical (unpaired) electrons. The third kappa shape index (κ3) is 6.86. The van der Waals surface area contributed by atoms with E-state index >= 15 is 0 Å². The minimum Gasteiger partial charge on any atom is -0.497 e. The topological polar surface area (TPSA) is 169 Å². The number of aliphatic hydroxyl groups excluding tert-OH is 2. The van der Waals surface area contributed by atoms with Gasteiger partial charge in [-0.3, -0.25) is 4.72 Å². The summed E-state index contributed by atoms with van der Waals surface area (Å²) in [4.78, 5) is 0.0396. The van der Waals surface area contributed by atoms with E-state index in [1.54, 1.807) is 36.4 Å². The van der Waals surface area contributed by atoms with Crippen molar-refractivity contribution in [2.24, 2.45) is 0 Å². The molecule has 0 aliphatic carbocycles. The number of aromatic amines is 1. The van der Waals surface area contributed by atoms with Crippen molar-refractivity contribution in [2.45, 2.75) is 37.2 Å². The molecule has 0 fully saturated rings. The van der Waals surface area contributed by atoms with E-state index in [-0.39, 0.29) is 39.9 Å². The normalized spacial score (nSPS) is 12.6. The lowest BCUT2D eigenvalue weighted by Crippen LogP contribution is -2.21. The SMILES string of the molecule is COc1cccc(Oc2c(NS(=O)(=O)c3ccc(C(C)(C)C)cc3)cc(-c3nnn[nH]3)cc2OCC(O)CO)c1. The fourth-order valence-corrected chi connectivity index (χ4v) is 4.72. The minimum absolute atomic E-state index is 0.00417. The summed E-state index contributed by atoms with van der Waals surface area (Å²) in [6, 6.07) is 16.3. The summed E-state index contributed by atoms with van der Waals surface area (Å²) in [7, 11) is -2.59. The van der Waals surface area contributed by atoms with Gasteiger partial charge in [-0.25, -0.2) is 13.5 Å². The van der Waals surface area contributed by atoms with Crippen LogP contribution in [0.1, 0.15) is 26.3 Å². The standard InChI is InChI=1S/C27H31N5O7S/c1-27(2,3)18-8-10-22(11-9-18)40(35,36)30-23-12-17(26-28-31-32-29-26)13-24(38-16-19(34)15-33)25(23)39-21-7-5-6-20(14-21)37-4/h5-14,19,30,33-34H,15-16H2,1-4H3,(H,28,29,31,32). The van der Waals surface area contributed by atoms with Gasteiger partial charge in [0.1, 0.15) is 24.2 Å². The molecule has 0 amide bonds. The molecule has 0 spiro atoms. The number of tetrazole rings is 1. The molecule has 4 N–H and O–H groups in total. The number of sulfonamides is 1. The maximum atomic E-state index is 13.5. The predicted octanol–water partition coefficient (Wildman–Crippen LogP) is 3.50. The number of H-pyrrole nitrogens is 1. The number of methoxy groups -OCH3 is 1. The van der Waals surface area contributed by atoms with Gasteiger partial charge in [-0.15, -0.1) is 5.10 Å². The summed E-state index contributed by atoms with van der Waals surface area (Å²) < 4.78 is 46.9. The van der Waals surface area contributed by atoms with E-state index in [2.05, 4.69) is 25.3 Å². The lowest BCUT2D eigenvalue weighted by Gasteiger charge is -2.21. The first-order valence-corrected chi connectivity index (χ1v) is 13.8. The van der Waals surface area contributed by atoms with Crippen LogP contribution in [-0.2, 0) is 15.4 Å². The molecule has 13 heteroatoms. The van der Waals surface area contributed by atoms with Crippen molar-refractivity contribution in [1.82, 2.24) is 20.6 Å². The lowest BCUT2D eigenvalue weighted by molar-refractivity contribution is 0.0529. The number of ether oxygens (including phenoxy) is 3. The van der Waals surface area contributed by atoms with E-state index in [0.717, 1.165) is 5.56 Å². The van der Waals surface area contributed by atoms with Crippen molar-refractivity contribution in [3.63, 3.8) is 0 Å². The number of hydrogen-bond acceptors (Lipinski definition) is 10. The molecular weight excluding hydrogens is 538 g/mol. The van der Waals surface area contributed by atoms with Crippen LogP contribution in [0.3, 0.4) is 0 Å². The second kappa shape index (κ2) is 11.9. The number of nitrogens with zero attached hydrogens (tertiary/aromatic N) is 3. The Kier molecular flexibility index (Phi) is 8.57. The Morgan fingerprint density at radius 1 is 1.05 bits per heavy atom. The van der Waals surface area contributed by atoms with E-state index in [1.165, 1.54) is 31.4 Å². The van der Waals surface area contributed by atoms with Gasteiger partial charge in [-0.05, 0) is 57.8 Å². The van der Waals surface area contributed by atoms with Gasteiger partial charge in [0.2, 0.25) is 0 Å². The zero-order valence-corrected chi connectivity index (χ0v) is 23.3. The maximum Gasteiger partial charge on any atom is 0.262 e. The Hall–Kier alpha value is -4.20. The first kappa shape index (κ1) is 28.8. The van der Waals surface area contributed by atoms with Crippen LogP contribution in [0.5, 0.6) is 23.0 Å². The fraction of sp³-hybridized carbons (Fsp3) is 0.296. The van der Waals surface area contributed by atoms with Crippen molar-refractivity contribution >= 4 is 15.7 Å². The second-order valence-corrected chi connectivity index (χ2v) is 11.6. The predicted molar refractivity (Wildman–Crippen MR) is 147 cm³/mol. The molecular formula is C27H31N5O7S. The molecule has 3 aromatic carbocycles. The van der Waals surface area contributed by atoms with E-state index in [0.29, 0.717) is 17.1 Å². The number of aliphatic hydroxyl groups is 2. The van der Waals surface area contributed by atoms with Gasteiger partial charge in [-0.2, -0.15) is 0 Å². The molecule has 212 valence electrons. The van der Waals surface area contributed by atoms with Crippen molar-refractivity contribution in [3.8, 4) is 34.4 Å². The van der Waals surface area contributed by atoms with Gasteiger partial charge in [0.25, 0.3) is 10.0 Å². The molecule has 1 atom stereocenters. The average Bonchev–Trinajstić information content (AvgIpc) is 3.47. The average molecular weight is 570 g/mol. The van der Waals surface area contributed by atoms with Crippen molar-refractivity contribution in [2.75, 3.05) is 25.0 Å². The Labute approximate surface area is 232 Å². The largest absolute Gasteiger partial charge is 0.497 e. The zero-order valence-electron chi connectivity index (χ0n) is 22.5. The molecule has 0 aliphatic heterocycles. The first-order chi connectivity index (χ1) is 19.0. The zero-order chi connectivity index (χ0) is 28.9. The highest BCUT2D eigenvalue weighted by Crippen LogP contribution is 2.43. The molecule has 4 rings (SSSR count). The molecule has 1 aromatic heterocycles. The quantitative estimate of drug-likeness (QED) is 0.210. The summed E-state index contributed by atoms with van der Waals surface area (Å²) in [6.45, 7) is 5.27. The van der Waals surface area contributed by atoms with Gasteiger partial charge >= 0.3 is 0 Å². The Morgan fingerprint density at radius 2 is 1.77 bits per heavy atom. The summed E-state index contributed by atoms with van der Waals surface area (Å²) in [5.41, 5.74) is 1.21. The Morgan fingerprint density at radius 3 is 2.40 bits per heavy atom. The molecule has 0 saturated carbocycles. The van der Waals surface area contributed by atoms with Gasteiger partial charge in [0.15, 0.2) is 17.3 Å². The van der Waals surface area contributed by atoms with Gasteiger partial charge in [0, 0.05) is 11.6 Å². The van der Waals surface area contributed by atoms with Gasteiger partial charge in [0.05, 0.1) is 24.3 Å². The summed E-state index contributed by atoms with van der Waals surface area (Å²) >= 11 is 0. The summed E-state index contributed by atoms with van der Waals surface area (Å²) in [5.74, 6) is 1.14. The smallest absolute Gasteiger partial charge is 0.262 e. The van der Waals surface area contributed by atoms with E-state index in [1.807, 2.05) is 20.8 Å². The second-order valence-electron chi connectivity index (χ2n) is 9.91. The van der Waals surface area contributed by atoms with Crippen molar-refractivity contribution in [1.29, 1.82) is 0 Å². The molecule has 12 nitrogen and oxygen atoms in total. The highest BCUT2D eigenvalue weighted by molar-refractivity contribution is 7.92. The monoisotopic (exact) mass is 569 g/mol. The van der Waals surface area contributed by atoms with Crippen LogP contribution in [0.15, 0.2) is 65.6 Å². The van der Waals surface area contributed by atoms with E-state index in [4.69, 9.17) is 14.2 Å². The number of benzene rings is 3. The summed E-state index contributed by atoms with van der Waals surface area (Å²) in [5, 5.41) is 32.9. The third-order valence-corrected chi connectivity index (χ3v) is 7.23. The molecule has 1 unspecified atom stereocenters. The number of anilines is 1. The molecule has 0 bridgehead atoms. The van der Waals surface area contributed by atoms with E-state index in [9.17, 15) is 18.6 Å². The van der Waals surface area contributed by atoms with Crippen LogP contribution in [0.25, 0.3) is 11.4 Å². The lowest BCUT2D eigenvalue weighted by atomic mass is 9.87. The summed E-state index contributed by atoms with van der Waals surface area (Å²) in [6.07, 6.45) is -1.19. The van der Waals surface area contributed by atoms with Crippen molar-refractivity contribution in [3.05, 3.63) is 66.2 Å². The number of nitrogens with one attached hydrogen (secondary N) is 2. The van der Waals surface area contributed by atoms with Crippen LogP contribution in [0.2, 0.25) is 0 Å². The first-order valence-electron chi connectivity index (χ1n) is 12.3. The van der Waals surface area contributed by atoms with Crippen LogP contribution in [-0.4, -0.2) is 65.7 Å². The highest BCUT2D eigenvalue weighted by Gasteiger charge is 2.24. The highest BCUT2D eigenvalue weighted by atomic mass is 32.2. The van der Waals surface area contributed by atoms with Crippen LogP contribution >= 0.6 is 0 Å². The molecule has 40 heavy (non-hydrogen) atoms. The van der Waals surface area contributed by atoms with Gasteiger partial charge < -0.3 is 24.4 Å². The molecule has 4 aromatic rings. The Balaban J connectivity index is 1.82. The maximum absolute atomic E-state index is 13.5. The van der Waals surface area contributed by atoms with Gasteiger partial charge in [-0.1, -0.05) is 39.0 Å². The molecule has 0 saturated heterocycles. The molecule has 1 heterocycles. The van der Waals surface area contributed by atoms with Crippen LogP contribution in [0.4, 0.5) is 5.69 Å². The number of rotatable bonds is 11. The van der Waals surface area contributed by atoms with Crippen LogP contribution < -0.4 is 18.9 Å². The fourth-order valence-electron chi connectivity index (χ4n) is 3.67. The Bertz CT molecular complexity index is 1540. The number of aromatic nitrogens is 4. The number of hydrogen-bond donors (Lipinski definition) is 4. The molecule has 0 aliphatic rings. The van der Waals surface area contributed by atoms with Crippen LogP contribution in [0, 0.1) is 0 Å². The third-order valence-electron chi connectivity index (χ3n) is 5.85. The van der Waals surface area contributed by atoms with Crippen molar-refractivity contribution < 1.29 is 32.8 Å².